The van der Waals surface area contributed by atoms with Gasteiger partial charge in [0.2, 0.25) is 0 Å². The maximum absolute atomic E-state index is 13.0. The van der Waals surface area contributed by atoms with E-state index in [4.69, 9.17) is 9.15 Å². The summed E-state index contributed by atoms with van der Waals surface area (Å²) in [6, 6.07) is 11.9. The van der Waals surface area contributed by atoms with Crippen molar-refractivity contribution in [2.75, 3.05) is 0 Å². The van der Waals surface area contributed by atoms with Gasteiger partial charge in [-0.15, -0.1) is 0 Å². The van der Waals surface area contributed by atoms with Gasteiger partial charge in [-0.3, -0.25) is 4.79 Å². The van der Waals surface area contributed by atoms with Crippen molar-refractivity contribution >= 4 is 27.7 Å². The lowest BCUT2D eigenvalue weighted by atomic mass is 10.1. The van der Waals surface area contributed by atoms with Crippen molar-refractivity contribution in [2.24, 2.45) is 0 Å². The Bertz CT molecular complexity index is 1470. The molecule has 0 fully saturated rings. The summed E-state index contributed by atoms with van der Waals surface area (Å²) in [5, 5.41) is 5.99. The standard InChI is InChI=1S/C24H20N2O5/c1-2-12-26-22(27)18-7-4-3-6-17(18)21(25-26)24(29)30-14-10-11-16-15-8-5-9-19(15)23(28)31-20(16)13-14/h3-4,6-7,10-11,13H,2,5,8-9,12H2,1H3. The van der Waals surface area contributed by atoms with E-state index in [0.717, 1.165) is 35.8 Å². The van der Waals surface area contributed by atoms with Crippen LogP contribution in [0.4, 0.5) is 0 Å². The lowest BCUT2D eigenvalue weighted by Crippen LogP contribution is -2.27. The maximum atomic E-state index is 13.0. The highest BCUT2D eigenvalue weighted by Gasteiger charge is 2.21. The average Bonchev–Trinajstić information content (AvgIpc) is 3.27. The third kappa shape index (κ3) is 3.22. The summed E-state index contributed by atoms with van der Waals surface area (Å²) in [5.41, 5.74) is 1.65. The number of aryl methyl sites for hydroxylation is 2. The first-order valence-corrected chi connectivity index (χ1v) is 10.4. The molecule has 2 aromatic carbocycles. The molecule has 4 aromatic rings. The average molecular weight is 416 g/mol. The summed E-state index contributed by atoms with van der Waals surface area (Å²) < 4.78 is 12.3. The van der Waals surface area contributed by atoms with E-state index < -0.39 is 5.97 Å². The molecule has 156 valence electrons. The van der Waals surface area contributed by atoms with E-state index in [0.29, 0.717) is 29.3 Å². The Labute approximate surface area is 176 Å². The molecular formula is C24H20N2O5. The minimum absolute atomic E-state index is 0.0687. The molecule has 0 radical (unpaired) electrons. The molecule has 2 heterocycles. The van der Waals surface area contributed by atoms with E-state index in [1.165, 1.54) is 4.68 Å². The van der Waals surface area contributed by atoms with Crippen molar-refractivity contribution in [2.45, 2.75) is 39.2 Å². The molecule has 7 nitrogen and oxygen atoms in total. The first-order chi connectivity index (χ1) is 15.1. The minimum Gasteiger partial charge on any atom is -0.422 e. The van der Waals surface area contributed by atoms with E-state index in [1.807, 2.05) is 13.0 Å². The van der Waals surface area contributed by atoms with Gasteiger partial charge in [0.15, 0.2) is 5.69 Å². The van der Waals surface area contributed by atoms with Crippen LogP contribution in [0.5, 0.6) is 5.75 Å². The molecule has 31 heavy (non-hydrogen) atoms. The topological polar surface area (TPSA) is 91.4 Å². The minimum atomic E-state index is -0.677. The summed E-state index contributed by atoms with van der Waals surface area (Å²) in [7, 11) is 0. The molecular weight excluding hydrogens is 396 g/mol. The molecule has 0 amide bonds. The van der Waals surface area contributed by atoms with Gasteiger partial charge in [0, 0.05) is 28.9 Å². The molecule has 0 saturated heterocycles. The molecule has 0 saturated carbocycles. The fourth-order valence-electron chi connectivity index (χ4n) is 4.23. The fraction of sp³-hybridized carbons (Fsp3) is 0.250. The van der Waals surface area contributed by atoms with Crippen LogP contribution in [0.2, 0.25) is 0 Å². The van der Waals surface area contributed by atoms with Gasteiger partial charge in [0.1, 0.15) is 11.3 Å². The number of ether oxygens (including phenoxy) is 1. The number of carbonyl (C=O) groups is 1. The SMILES string of the molecule is CCCn1nc(C(=O)Oc2ccc3c4c(c(=O)oc3c2)CCC4)c2ccccc2c1=O. The molecule has 0 aliphatic heterocycles. The van der Waals surface area contributed by atoms with Gasteiger partial charge in [-0.2, -0.15) is 5.10 Å². The van der Waals surface area contributed by atoms with Gasteiger partial charge in [-0.25, -0.2) is 14.3 Å². The normalized spacial score (nSPS) is 12.9. The smallest absolute Gasteiger partial charge is 0.364 e. The molecule has 0 atom stereocenters. The number of rotatable bonds is 4. The molecule has 0 unspecified atom stereocenters. The van der Waals surface area contributed by atoms with Gasteiger partial charge < -0.3 is 9.15 Å². The van der Waals surface area contributed by atoms with E-state index >= 15 is 0 Å². The van der Waals surface area contributed by atoms with Crippen molar-refractivity contribution in [3.63, 3.8) is 0 Å². The van der Waals surface area contributed by atoms with Crippen LogP contribution in [0, 0.1) is 0 Å². The second-order valence-corrected chi connectivity index (χ2v) is 7.67. The van der Waals surface area contributed by atoms with Gasteiger partial charge in [-0.1, -0.05) is 25.1 Å². The summed E-state index contributed by atoms with van der Waals surface area (Å²) in [5.74, 6) is -0.429. The zero-order chi connectivity index (χ0) is 21.5. The van der Waals surface area contributed by atoms with Crippen molar-refractivity contribution in [3.05, 3.63) is 80.1 Å². The van der Waals surface area contributed by atoms with Crippen LogP contribution in [0.1, 0.15) is 41.4 Å². The third-order valence-electron chi connectivity index (χ3n) is 5.65. The number of hydrogen-bond donors (Lipinski definition) is 0. The van der Waals surface area contributed by atoms with Crippen LogP contribution < -0.4 is 15.9 Å². The van der Waals surface area contributed by atoms with Crippen LogP contribution in [-0.2, 0) is 19.4 Å². The number of fused-ring (bicyclic) bond motifs is 4. The summed E-state index contributed by atoms with van der Waals surface area (Å²) >= 11 is 0. The number of aromatic nitrogens is 2. The lowest BCUT2D eigenvalue weighted by molar-refractivity contribution is 0.0728. The lowest BCUT2D eigenvalue weighted by Gasteiger charge is -2.11. The predicted octanol–water partition coefficient (Wildman–Crippen LogP) is 3.62. The molecule has 0 N–H and O–H groups in total. The zero-order valence-electron chi connectivity index (χ0n) is 17.0. The van der Waals surface area contributed by atoms with Crippen LogP contribution in [-0.4, -0.2) is 15.7 Å². The number of nitrogens with zero attached hydrogens (tertiary/aromatic N) is 2. The van der Waals surface area contributed by atoms with Gasteiger partial charge in [-0.05, 0) is 49.4 Å². The molecule has 0 spiro atoms. The Kier molecular flexibility index (Phi) is 4.66. The Morgan fingerprint density at radius 1 is 1.06 bits per heavy atom. The molecule has 2 aromatic heterocycles. The quantitative estimate of drug-likeness (QED) is 0.287. The van der Waals surface area contributed by atoms with E-state index in [2.05, 4.69) is 5.10 Å². The van der Waals surface area contributed by atoms with Crippen LogP contribution in [0.3, 0.4) is 0 Å². The highest BCUT2D eigenvalue weighted by molar-refractivity contribution is 6.03. The highest BCUT2D eigenvalue weighted by Crippen LogP contribution is 2.30. The van der Waals surface area contributed by atoms with E-state index in [1.54, 1.807) is 36.4 Å². The number of benzene rings is 2. The van der Waals surface area contributed by atoms with Crippen molar-refractivity contribution in [3.8, 4) is 5.75 Å². The Hall–Kier alpha value is -3.74. The molecule has 7 heteroatoms. The molecule has 5 rings (SSSR count). The Morgan fingerprint density at radius 2 is 1.84 bits per heavy atom. The van der Waals surface area contributed by atoms with E-state index in [-0.39, 0.29) is 22.6 Å². The van der Waals surface area contributed by atoms with E-state index in [9.17, 15) is 14.4 Å². The van der Waals surface area contributed by atoms with Crippen molar-refractivity contribution in [1.29, 1.82) is 0 Å². The predicted molar refractivity (Wildman–Crippen MR) is 116 cm³/mol. The zero-order valence-corrected chi connectivity index (χ0v) is 17.0. The maximum Gasteiger partial charge on any atom is 0.364 e. The van der Waals surface area contributed by atoms with Crippen molar-refractivity contribution in [1.82, 2.24) is 9.78 Å². The van der Waals surface area contributed by atoms with Crippen molar-refractivity contribution < 1.29 is 13.9 Å². The molecule has 1 aliphatic carbocycles. The number of carbonyl (C=O) groups excluding carboxylic acids is 1. The fourth-order valence-corrected chi connectivity index (χ4v) is 4.23. The van der Waals surface area contributed by atoms with Crippen LogP contribution in [0.25, 0.3) is 21.7 Å². The number of esters is 1. The Balaban J connectivity index is 1.56. The second-order valence-electron chi connectivity index (χ2n) is 7.67. The summed E-state index contributed by atoms with van der Waals surface area (Å²) in [4.78, 5) is 37.9. The largest absolute Gasteiger partial charge is 0.422 e. The first kappa shape index (κ1) is 19.2. The second kappa shape index (κ2) is 7.50. The highest BCUT2D eigenvalue weighted by atomic mass is 16.5. The van der Waals surface area contributed by atoms with Crippen LogP contribution in [0.15, 0.2) is 56.5 Å². The number of hydrogen-bond acceptors (Lipinski definition) is 6. The Morgan fingerprint density at radius 3 is 2.65 bits per heavy atom. The molecule has 0 bridgehead atoms. The monoisotopic (exact) mass is 416 g/mol. The summed E-state index contributed by atoms with van der Waals surface area (Å²) in [6.07, 6.45) is 3.21. The van der Waals surface area contributed by atoms with Gasteiger partial charge in [0.25, 0.3) is 5.56 Å². The third-order valence-corrected chi connectivity index (χ3v) is 5.65. The molecule has 1 aliphatic rings. The van der Waals surface area contributed by atoms with Gasteiger partial charge in [0.05, 0.1) is 5.39 Å². The summed E-state index contributed by atoms with van der Waals surface area (Å²) in [6.45, 7) is 2.33. The van der Waals surface area contributed by atoms with Gasteiger partial charge >= 0.3 is 11.6 Å². The first-order valence-electron chi connectivity index (χ1n) is 10.4. The van der Waals surface area contributed by atoms with Crippen LogP contribution >= 0.6 is 0 Å².